The molecule has 0 aliphatic carbocycles. The highest BCUT2D eigenvalue weighted by atomic mass is 16.3. The lowest BCUT2D eigenvalue weighted by molar-refractivity contribution is 0.128. The van der Waals surface area contributed by atoms with E-state index >= 15 is 0 Å². The van der Waals surface area contributed by atoms with Crippen LogP contribution in [0.5, 0.6) is 0 Å². The van der Waals surface area contributed by atoms with Crippen molar-refractivity contribution in [3.63, 3.8) is 0 Å². The summed E-state index contributed by atoms with van der Waals surface area (Å²) in [6.07, 6.45) is 5.76. The molecule has 0 heterocycles. The normalized spacial score (nSPS) is 13.7. The van der Waals surface area contributed by atoms with Crippen molar-refractivity contribution in [2.45, 2.75) is 51.2 Å². The quantitative estimate of drug-likeness (QED) is 0.604. The zero-order valence-corrected chi connectivity index (χ0v) is 14.1. The van der Waals surface area contributed by atoms with E-state index in [1.54, 1.807) is 0 Å². The zero-order valence-electron chi connectivity index (χ0n) is 14.1. The minimum atomic E-state index is -0.533. The Morgan fingerprint density at radius 2 is 1.35 bits per heavy atom. The summed E-state index contributed by atoms with van der Waals surface area (Å²) >= 11 is 0. The molecule has 0 fully saturated rings. The molecule has 2 heteroatoms. The standard InChI is InChI=1S/C21H29NO/c1-2-3-4-5-12-17-22-20(18-13-8-6-9-14-18)21(23)19-15-10-7-11-16-19/h6-11,13-16,20-23H,2-5,12,17H2,1H3/t20-,21+/m1/s1. The Bertz CT molecular complexity index is 526. The fourth-order valence-electron chi connectivity index (χ4n) is 2.90. The Kier molecular flexibility index (Phi) is 7.85. The summed E-state index contributed by atoms with van der Waals surface area (Å²) in [5.41, 5.74) is 2.09. The molecular formula is C21H29NO. The highest BCUT2D eigenvalue weighted by Gasteiger charge is 2.21. The van der Waals surface area contributed by atoms with Gasteiger partial charge >= 0.3 is 0 Å². The van der Waals surface area contributed by atoms with Gasteiger partial charge in [0.2, 0.25) is 0 Å². The van der Waals surface area contributed by atoms with E-state index in [1.165, 1.54) is 25.7 Å². The zero-order chi connectivity index (χ0) is 16.3. The lowest BCUT2D eigenvalue weighted by atomic mass is 9.95. The maximum atomic E-state index is 10.8. The Morgan fingerprint density at radius 1 is 0.783 bits per heavy atom. The molecule has 2 atom stereocenters. The fraction of sp³-hybridized carbons (Fsp3) is 0.429. The first-order chi connectivity index (χ1) is 11.3. The number of nitrogens with one attached hydrogen (secondary N) is 1. The van der Waals surface area contributed by atoms with E-state index in [0.717, 1.165) is 24.1 Å². The minimum Gasteiger partial charge on any atom is -0.386 e. The average molecular weight is 311 g/mol. The highest BCUT2D eigenvalue weighted by Crippen LogP contribution is 2.28. The van der Waals surface area contributed by atoms with Crippen LogP contribution in [-0.4, -0.2) is 11.7 Å². The number of hydrogen-bond acceptors (Lipinski definition) is 2. The third kappa shape index (κ3) is 5.81. The molecule has 0 aliphatic heterocycles. The molecule has 124 valence electrons. The smallest absolute Gasteiger partial charge is 0.0984 e. The molecule has 0 amide bonds. The van der Waals surface area contributed by atoms with Crippen molar-refractivity contribution < 1.29 is 5.11 Å². The van der Waals surface area contributed by atoms with Crippen LogP contribution < -0.4 is 5.32 Å². The summed E-state index contributed by atoms with van der Waals surface area (Å²) in [6, 6.07) is 20.1. The number of hydrogen-bond donors (Lipinski definition) is 2. The molecule has 0 aromatic heterocycles. The van der Waals surface area contributed by atoms with Crippen LogP contribution in [0.1, 0.15) is 62.3 Å². The molecule has 2 N–H and O–H groups in total. The van der Waals surface area contributed by atoms with Gasteiger partial charge in [0.05, 0.1) is 12.1 Å². The van der Waals surface area contributed by atoms with Crippen LogP contribution in [0, 0.1) is 0 Å². The van der Waals surface area contributed by atoms with E-state index in [9.17, 15) is 5.11 Å². The van der Waals surface area contributed by atoms with Crippen molar-refractivity contribution in [3.8, 4) is 0 Å². The van der Waals surface area contributed by atoms with Gasteiger partial charge in [-0.05, 0) is 24.1 Å². The third-order valence-electron chi connectivity index (χ3n) is 4.26. The minimum absolute atomic E-state index is 0.0650. The predicted molar refractivity (Wildman–Crippen MR) is 97.3 cm³/mol. The van der Waals surface area contributed by atoms with Crippen LogP contribution in [0.4, 0.5) is 0 Å². The first-order valence-corrected chi connectivity index (χ1v) is 8.84. The Labute approximate surface area is 140 Å². The van der Waals surface area contributed by atoms with Gasteiger partial charge in [-0.25, -0.2) is 0 Å². The van der Waals surface area contributed by atoms with Gasteiger partial charge in [-0.1, -0.05) is 93.3 Å². The molecule has 2 nitrogen and oxygen atoms in total. The van der Waals surface area contributed by atoms with Gasteiger partial charge in [0.15, 0.2) is 0 Å². The summed E-state index contributed by atoms with van der Waals surface area (Å²) in [7, 11) is 0. The molecule has 0 radical (unpaired) electrons. The Morgan fingerprint density at radius 3 is 1.96 bits per heavy atom. The van der Waals surface area contributed by atoms with E-state index in [0.29, 0.717) is 0 Å². The SMILES string of the molecule is CCCCCCCN[C@H](c1ccccc1)[C@@H](O)c1ccccc1. The summed E-state index contributed by atoms with van der Waals surface area (Å²) in [6.45, 7) is 3.17. The summed E-state index contributed by atoms with van der Waals surface area (Å²) in [5.74, 6) is 0. The van der Waals surface area contributed by atoms with E-state index in [4.69, 9.17) is 0 Å². The van der Waals surface area contributed by atoms with Gasteiger partial charge in [0.25, 0.3) is 0 Å². The van der Waals surface area contributed by atoms with Crippen LogP contribution in [0.15, 0.2) is 60.7 Å². The van der Waals surface area contributed by atoms with Crippen molar-refractivity contribution in [1.29, 1.82) is 0 Å². The average Bonchev–Trinajstić information content (AvgIpc) is 2.62. The Hall–Kier alpha value is -1.64. The van der Waals surface area contributed by atoms with Crippen molar-refractivity contribution in [3.05, 3.63) is 71.8 Å². The lowest BCUT2D eigenvalue weighted by Gasteiger charge is -2.25. The molecule has 2 aromatic rings. The van der Waals surface area contributed by atoms with E-state index < -0.39 is 6.10 Å². The molecule has 2 rings (SSSR count). The molecule has 0 saturated heterocycles. The molecule has 0 saturated carbocycles. The first-order valence-electron chi connectivity index (χ1n) is 8.84. The number of rotatable bonds is 10. The number of aliphatic hydroxyl groups excluding tert-OH is 1. The molecule has 0 aliphatic rings. The molecule has 0 spiro atoms. The van der Waals surface area contributed by atoms with Gasteiger partial charge < -0.3 is 10.4 Å². The predicted octanol–water partition coefficient (Wildman–Crippen LogP) is 5.02. The molecular weight excluding hydrogens is 282 g/mol. The highest BCUT2D eigenvalue weighted by molar-refractivity contribution is 5.26. The van der Waals surface area contributed by atoms with E-state index in [-0.39, 0.29) is 6.04 Å². The van der Waals surface area contributed by atoms with Gasteiger partial charge in [-0.15, -0.1) is 0 Å². The fourth-order valence-corrected chi connectivity index (χ4v) is 2.90. The second-order valence-electron chi connectivity index (χ2n) is 6.11. The van der Waals surface area contributed by atoms with Crippen LogP contribution >= 0.6 is 0 Å². The van der Waals surface area contributed by atoms with Crippen molar-refractivity contribution >= 4 is 0 Å². The van der Waals surface area contributed by atoms with Crippen LogP contribution in [0.25, 0.3) is 0 Å². The van der Waals surface area contributed by atoms with Crippen LogP contribution in [-0.2, 0) is 0 Å². The van der Waals surface area contributed by atoms with Crippen molar-refractivity contribution in [1.82, 2.24) is 5.32 Å². The lowest BCUT2D eigenvalue weighted by Crippen LogP contribution is -2.28. The molecule has 2 aromatic carbocycles. The first kappa shape index (κ1) is 17.7. The summed E-state index contributed by atoms with van der Waals surface area (Å²) < 4.78 is 0. The summed E-state index contributed by atoms with van der Waals surface area (Å²) in [5, 5.41) is 14.4. The number of benzene rings is 2. The van der Waals surface area contributed by atoms with Crippen molar-refractivity contribution in [2.75, 3.05) is 6.54 Å². The van der Waals surface area contributed by atoms with Gasteiger partial charge in [-0.3, -0.25) is 0 Å². The van der Waals surface area contributed by atoms with Gasteiger partial charge in [0, 0.05) is 0 Å². The van der Waals surface area contributed by atoms with E-state index in [2.05, 4.69) is 24.4 Å². The second kappa shape index (κ2) is 10.2. The van der Waals surface area contributed by atoms with Crippen molar-refractivity contribution in [2.24, 2.45) is 0 Å². The van der Waals surface area contributed by atoms with Crippen LogP contribution in [0.2, 0.25) is 0 Å². The maximum Gasteiger partial charge on any atom is 0.0984 e. The second-order valence-corrected chi connectivity index (χ2v) is 6.11. The summed E-state index contributed by atoms with van der Waals surface area (Å²) in [4.78, 5) is 0. The monoisotopic (exact) mass is 311 g/mol. The van der Waals surface area contributed by atoms with E-state index in [1.807, 2.05) is 48.5 Å². The maximum absolute atomic E-state index is 10.8. The van der Waals surface area contributed by atoms with Crippen LogP contribution in [0.3, 0.4) is 0 Å². The third-order valence-corrected chi connectivity index (χ3v) is 4.26. The molecule has 0 bridgehead atoms. The number of unbranched alkanes of at least 4 members (excludes halogenated alkanes) is 4. The largest absolute Gasteiger partial charge is 0.386 e. The van der Waals surface area contributed by atoms with Gasteiger partial charge in [-0.2, -0.15) is 0 Å². The Balaban J connectivity index is 1.98. The number of aliphatic hydroxyl groups is 1. The topological polar surface area (TPSA) is 32.3 Å². The van der Waals surface area contributed by atoms with Gasteiger partial charge in [0.1, 0.15) is 0 Å². The molecule has 0 unspecified atom stereocenters. The molecule has 23 heavy (non-hydrogen) atoms.